The highest BCUT2D eigenvalue weighted by Crippen LogP contribution is 2.18. The predicted octanol–water partition coefficient (Wildman–Crippen LogP) is 2.35. The first-order valence-corrected chi connectivity index (χ1v) is 6.48. The third kappa shape index (κ3) is 4.01. The van der Waals surface area contributed by atoms with E-state index >= 15 is 0 Å². The van der Waals surface area contributed by atoms with Crippen LogP contribution in [0.4, 0.5) is 5.69 Å². The minimum absolute atomic E-state index is 0.623. The summed E-state index contributed by atoms with van der Waals surface area (Å²) in [5.41, 5.74) is 3.17. The molecule has 0 fully saturated rings. The van der Waals surface area contributed by atoms with Gasteiger partial charge in [0, 0.05) is 18.0 Å². The van der Waals surface area contributed by atoms with Crippen molar-refractivity contribution in [1.29, 1.82) is 5.26 Å². The molecular weight excluding hydrogens is 230 g/mol. The summed E-state index contributed by atoms with van der Waals surface area (Å²) >= 11 is 1.70. The molecule has 0 aliphatic carbocycles. The molecule has 0 aliphatic heterocycles. The van der Waals surface area contributed by atoms with E-state index in [1.807, 2.05) is 19.9 Å². The smallest absolute Gasteiger partial charge is 0.103 e. The molecule has 0 bridgehead atoms. The molecule has 0 amide bonds. The molecule has 0 aromatic carbocycles. The summed E-state index contributed by atoms with van der Waals surface area (Å²) in [5, 5.41) is 12.3. The van der Waals surface area contributed by atoms with Crippen molar-refractivity contribution in [2.24, 2.45) is 0 Å². The van der Waals surface area contributed by atoms with Gasteiger partial charge in [-0.1, -0.05) is 5.92 Å². The van der Waals surface area contributed by atoms with E-state index in [1.165, 1.54) is 0 Å². The van der Waals surface area contributed by atoms with Crippen LogP contribution in [0.25, 0.3) is 0 Å². The molecule has 0 radical (unpaired) electrons. The maximum atomic E-state index is 9.07. The molecular formula is C13H15N3S. The van der Waals surface area contributed by atoms with Crippen LogP contribution in [-0.4, -0.2) is 23.0 Å². The molecule has 1 aromatic rings. The number of nitrogens with one attached hydrogen (secondary N) is 1. The van der Waals surface area contributed by atoms with Gasteiger partial charge in [0.15, 0.2) is 0 Å². The highest BCUT2D eigenvalue weighted by Gasteiger charge is 2.06. The first-order valence-electron chi connectivity index (χ1n) is 5.32. The fraction of sp³-hybridized carbons (Fsp3) is 0.385. The van der Waals surface area contributed by atoms with Crippen LogP contribution in [0.5, 0.6) is 0 Å². The summed E-state index contributed by atoms with van der Waals surface area (Å²) in [4.78, 5) is 4.27. The summed E-state index contributed by atoms with van der Waals surface area (Å²) in [6.45, 7) is 4.57. The Labute approximate surface area is 107 Å². The van der Waals surface area contributed by atoms with Gasteiger partial charge in [0.25, 0.3) is 0 Å². The Bertz CT molecular complexity index is 469. The summed E-state index contributed by atoms with van der Waals surface area (Å²) in [5.74, 6) is 4.23. The predicted molar refractivity (Wildman–Crippen MR) is 73.1 cm³/mol. The second-order valence-electron chi connectivity index (χ2n) is 3.57. The monoisotopic (exact) mass is 245 g/mol. The zero-order valence-corrected chi connectivity index (χ0v) is 10.9. The van der Waals surface area contributed by atoms with Gasteiger partial charge in [-0.25, -0.2) is 0 Å². The molecule has 0 aliphatic rings. The minimum atomic E-state index is 0.623. The second-order valence-corrected chi connectivity index (χ2v) is 4.67. The molecule has 3 nitrogen and oxygen atoms in total. The SMILES string of the molecule is C#CCSCCNc1cc(C)nc(C)c1C#N. The van der Waals surface area contributed by atoms with Gasteiger partial charge in [-0.2, -0.15) is 5.26 Å². The zero-order valence-electron chi connectivity index (χ0n) is 10.1. The van der Waals surface area contributed by atoms with Crippen molar-refractivity contribution in [3.8, 4) is 18.4 Å². The molecule has 0 atom stereocenters. The lowest BCUT2D eigenvalue weighted by molar-refractivity contribution is 1.10. The van der Waals surface area contributed by atoms with Gasteiger partial charge in [-0.05, 0) is 19.9 Å². The fourth-order valence-corrected chi connectivity index (χ4v) is 2.01. The molecule has 1 N–H and O–H groups in total. The molecule has 0 saturated heterocycles. The number of nitriles is 1. The van der Waals surface area contributed by atoms with Gasteiger partial charge in [-0.3, -0.25) is 4.98 Å². The average Bonchev–Trinajstić information content (AvgIpc) is 2.28. The molecule has 4 heteroatoms. The van der Waals surface area contributed by atoms with Crippen molar-refractivity contribution in [3.05, 3.63) is 23.0 Å². The molecule has 0 spiro atoms. The standard InChI is InChI=1S/C13H15N3S/c1-4-6-17-7-5-15-13-8-10(2)16-11(3)12(13)9-14/h1,8H,5-7H2,2-3H3,(H,15,16). The summed E-state index contributed by atoms with van der Waals surface area (Å²) in [6.07, 6.45) is 5.16. The first kappa shape index (κ1) is 13.4. The van der Waals surface area contributed by atoms with Crippen molar-refractivity contribution >= 4 is 17.4 Å². The van der Waals surface area contributed by atoms with E-state index in [-0.39, 0.29) is 0 Å². The second kappa shape index (κ2) is 6.83. The van der Waals surface area contributed by atoms with E-state index in [1.54, 1.807) is 11.8 Å². The maximum Gasteiger partial charge on any atom is 0.103 e. The summed E-state index contributed by atoms with van der Waals surface area (Å²) < 4.78 is 0. The fourth-order valence-electron chi connectivity index (χ4n) is 1.50. The molecule has 1 rings (SSSR count). The van der Waals surface area contributed by atoms with E-state index in [2.05, 4.69) is 22.3 Å². The van der Waals surface area contributed by atoms with Crippen molar-refractivity contribution < 1.29 is 0 Å². The number of hydrogen-bond acceptors (Lipinski definition) is 4. The zero-order chi connectivity index (χ0) is 12.7. The van der Waals surface area contributed by atoms with E-state index in [9.17, 15) is 0 Å². The number of anilines is 1. The van der Waals surface area contributed by atoms with Crippen LogP contribution >= 0.6 is 11.8 Å². The van der Waals surface area contributed by atoms with Crippen LogP contribution in [0.3, 0.4) is 0 Å². The molecule has 1 aromatic heterocycles. The van der Waals surface area contributed by atoms with Crippen LogP contribution in [0.15, 0.2) is 6.07 Å². The van der Waals surface area contributed by atoms with Crippen LogP contribution in [0.1, 0.15) is 17.0 Å². The Kier molecular flexibility index (Phi) is 5.39. The van der Waals surface area contributed by atoms with Gasteiger partial charge < -0.3 is 5.32 Å². The van der Waals surface area contributed by atoms with Crippen LogP contribution in [-0.2, 0) is 0 Å². The number of terminal acetylenes is 1. The van der Waals surface area contributed by atoms with E-state index < -0.39 is 0 Å². The van der Waals surface area contributed by atoms with Gasteiger partial charge in [0.1, 0.15) is 6.07 Å². The average molecular weight is 245 g/mol. The molecule has 17 heavy (non-hydrogen) atoms. The number of nitrogens with zero attached hydrogens (tertiary/aromatic N) is 2. The van der Waals surface area contributed by atoms with Gasteiger partial charge >= 0.3 is 0 Å². The maximum absolute atomic E-state index is 9.07. The topological polar surface area (TPSA) is 48.7 Å². The molecule has 0 saturated carbocycles. The molecule has 88 valence electrons. The van der Waals surface area contributed by atoms with Crippen LogP contribution in [0, 0.1) is 37.5 Å². The number of hydrogen-bond donors (Lipinski definition) is 1. The highest BCUT2D eigenvalue weighted by molar-refractivity contribution is 7.99. The number of pyridine rings is 1. The lowest BCUT2D eigenvalue weighted by atomic mass is 10.1. The number of aryl methyl sites for hydroxylation is 2. The Hall–Kier alpha value is -1.65. The lowest BCUT2D eigenvalue weighted by Crippen LogP contribution is -2.08. The van der Waals surface area contributed by atoms with Crippen molar-refractivity contribution in [3.63, 3.8) is 0 Å². The number of thioether (sulfide) groups is 1. The summed E-state index contributed by atoms with van der Waals surface area (Å²) in [6, 6.07) is 4.08. The Morgan fingerprint density at radius 1 is 1.53 bits per heavy atom. The number of rotatable bonds is 5. The lowest BCUT2D eigenvalue weighted by Gasteiger charge is -2.10. The largest absolute Gasteiger partial charge is 0.383 e. The third-order valence-corrected chi connectivity index (χ3v) is 3.05. The normalized spacial score (nSPS) is 9.41. The van der Waals surface area contributed by atoms with Crippen molar-refractivity contribution in [2.75, 3.05) is 23.4 Å². The molecule has 1 heterocycles. The third-order valence-electron chi connectivity index (χ3n) is 2.19. The van der Waals surface area contributed by atoms with E-state index in [0.717, 1.165) is 35.1 Å². The Balaban J connectivity index is 2.65. The number of aromatic nitrogens is 1. The minimum Gasteiger partial charge on any atom is -0.383 e. The van der Waals surface area contributed by atoms with Crippen molar-refractivity contribution in [2.45, 2.75) is 13.8 Å². The van der Waals surface area contributed by atoms with Crippen molar-refractivity contribution in [1.82, 2.24) is 4.98 Å². The van der Waals surface area contributed by atoms with E-state index in [4.69, 9.17) is 11.7 Å². The van der Waals surface area contributed by atoms with Crippen LogP contribution in [0.2, 0.25) is 0 Å². The van der Waals surface area contributed by atoms with E-state index in [0.29, 0.717) is 5.56 Å². The Morgan fingerprint density at radius 2 is 2.29 bits per heavy atom. The van der Waals surface area contributed by atoms with Gasteiger partial charge in [0.05, 0.1) is 22.7 Å². The Morgan fingerprint density at radius 3 is 2.94 bits per heavy atom. The first-order chi connectivity index (χ1) is 8.19. The summed E-state index contributed by atoms with van der Waals surface area (Å²) in [7, 11) is 0. The van der Waals surface area contributed by atoms with Crippen LogP contribution < -0.4 is 5.32 Å². The molecule has 0 unspecified atom stereocenters. The van der Waals surface area contributed by atoms with Gasteiger partial charge in [-0.15, -0.1) is 18.2 Å². The van der Waals surface area contributed by atoms with Gasteiger partial charge in [0.2, 0.25) is 0 Å². The quantitative estimate of drug-likeness (QED) is 0.639. The highest BCUT2D eigenvalue weighted by atomic mass is 32.2.